The zero-order chi connectivity index (χ0) is 13.0. The van der Waals surface area contributed by atoms with Crippen molar-refractivity contribution in [3.8, 4) is 5.75 Å². The van der Waals surface area contributed by atoms with Crippen molar-refractivity contribution in [2.45, 2.75) is 13.5 Å². The van der Waals surface area contributed by atoms with Crippen molar-refractivity contribution in [1.82, 2.24) is 10.2 Å². The molecule has 0 saturated carbocycles. The maximum Gasteiger partial charge on any atom is 0.167 e. The van der Waals surface area contributed by atoms with Gasteiger partial charge in [0.15, 0.2) is 11.6 Å². The summed E-state index contributed by atoms with van der Waals surface area (Å²) in [5, 5.41) is 9.66. The number of nitrogens with two attached hydrogens (primary N) is 1. The van der Waals surface area contributed by atoms with Crippen molar-refractivity contribution in [3.63, 3.8) is 0 Å². The number of rotatable bonds is 5. The molecule has 2 rings (SSSR count). The number of hydrogen-bond donors (Lipinski definition) is 3. The first-order valence-corrected chi connectivity index (χ1v) is 5.64. The van der Waals surface area contributed by atoms with E-state index in [0.717, 1.165) is 5.56 Å². The Balaban J connectivity index is 2.13. The number of anilines is 2. The maximum atomic E-state index is 13.5. The maximum absolute atomic E-state index is 13.5. The standard InChI is InChI=1S/C12H15FN4O/c1-2-18-12-4-11(10(14)3-9(12)13)15-5-8-6-16-17-7-8/h3-4,6-7,15H,2,5,14H2,1H3,(H,16,17). The van der Waals surface area contributed by atoms with Crippen LogP contribution in [-0.4, -0.2) is 16.8 Å². The molecule has 0 atom stereocenters. The molecule has 4 N–H and O–H groups in total. The first-order chi connectivity index (χ1) is 8.70. The van der Waals surface area contributed by atoms with E-state index in [1.54, 1.807) is 25.4 Å². The number of aromatic amines is 1. The topological polar surface area (TPSA) is 76.0 Å². The lowest BCUT2D eigenvalue weighted by molar-refractivity contribution is 0.322. The second-order valence-corrected chi connectivity index (χ2v) is 3.76. The molecule has 0 bridgehead atoms. The Kier molecular flexibility index (Phi) is 3.66. The van der Waals surface area contributed by atoms with E-state index in [1.807, 2.05) is 0 Å². The molecule has 0 radical (unpaired) electrons. The fourth-order valence-electron chi connectivity index (χ4n) is 1.56. The minimum atomic E-state index is -0.455. The summed E-state index contributed by atoms with van der Waals surface area (Å²) in [6.45, 7) is 2.76. The highest BCUT2D eigenvalue weighted by Gasteiger charge is 2.08. The van der Waals surface area contributed by atoms with Crippen molar-refractivity contribution < 1.29 is 9.13 Å². The molecule has 0 aliphatic carbocycles. The van der Waals surface area contributed by atoms with Gasteiger partial charge in [0.05, 0.1) is 24.2 Å². The summed E-state index contributed by atoms with van der Waals surface area (Å²) in [6, 6.07) is 2.82. The lowest BCUT2D eigenvalue weighted by Crippen LogP contribution is -2.04. The minimum absolute atomic E-state index is 0.196. The van der Waals surface area contributed by atoms with Crippen LogP contribution in [0.1, 0.15) is 12.5 Å². The third-order valence-electron chi connectivity index (χ3n) is 2.44. The van der Waals surface area contributed by atoms with Gasteiger partial charge in [0.2, 0.25) is 0 Å². The number of nitrogens with zero attached hydrogens (tertiary/aromatic N) is 1. The molecule has 0 aliphatic rings. The van der Waals surface area contributed by atoms with E-state index in [0.29, 0.717) is 24.5 Å². The fourth-order valence-corrected chi connectivity index (χ4v) is 1.56. The molecule has 18 heavy (non-hydrogen) atoms. The van der Waals surface area contributed by atoms with E-state index in [1.165, 1.54) is 6.07 Å². The van der Waals surface area contributed by atoms with Crippen molar-refractivity contribution in [1.29, 1.82) is 0 Å². The molecule has 5 nitrogen and oxygen atoms in total. The summed E-state index contributed by atoms with van der Waals surface area (Å²) in [5.41, 5.74) is 7.71. The molecular weight excluding hydrogens is 235 g/mol. The molecule has 0 saturated heterocycles. The molecule has 1 heterocycles. The van der Waals surface area contributed by atoms with Crippen LogP contribution in [-0.2, 0) is 6.54 Å². The molecule has 0 spiro atoms. The van der Waals surface area contributed by atoms with Crippen molar-refractivity contribution >= 4 is 11.4 Å². The van der Waals surface area contributed by atoms with Crippen LogP contribution >= 0.6 is 0 Å². The van der Waals surface area contributed by atoms with Gasteiger partial charge in [-0.05, 0) is 6.92 Å². The van der Waals surface area contributed by atoms with Crippen molar-refractivity contribution in [2.24, 2.45) is 0 Å². The molecular formula is C12H15FN4O. The van der Waals surface area contributed by atoms with E-state index in [2.05, 4.69) is 15.5 Å². The number of nitrogens with one attached hydrogen (secondary N) is 2. The Bertz CT molecular complexity index is 513. The zero-order valence-corrected chi connectivity index (χ0v) is 10.0. The fraction of sp³-hybridized carbons (Fsp3) is 0.250. The summed E-state index contributed by atoms with van der Waals surface area (Å²) < 4.78 is 18.7. The minimum Gasteiger partial charge on any atom is -0.491 e. The molecule has 0 unspecified atom stereocenters. The molecule has 6 heteroatoms. The molecule has 0 fully saturated rings. The van der Waals surface area contributed by atoms with Gasteiger partial charge in [0, 0.05) is 30.4 Å². The SMILES string of the molecule is CCOc1cc(NCc2cn[nH]c2)c(N)cc1F. The van der Waals surface area contributed by atoms with Crippen LogP contribution in [0, 0.1) is 5.82 Å². The van der Waals surface area contributed by atoms with Crippen LogP contribution < -0.4 is 15.8 Å². The van der Waals surface area contributed by atoms with Crippen molar-refractivity contribution in [3.05, 3.63) is 35.9 Å². The van der Waals surface area contributed by atoms with Gasteiger partial charge in [-0.2, -0.15) is 5.10 Å². The predicted octanol–water partition coefficient (Wildman–Crippen LogP) is 2.14. The molecule has 1 aromatic heterocycles. The summed E-state index contributed by atoms with van der Waals surface area (Å²) >= 11 is 0. The number of nitrogen functional groups attached to an aromatic ring is 1. The second kappa shape index (κ2) is 5.39. The average Bonchev–Trinajstić information content (AvgIpc) is 2.84. The highest BCUT2D eigenvalue weighted by molar-refractivity contribution is 5.68. The van der Waals surface area contributed by atoms with Crippen LogP contribution in [0.2, 0.25) is 0 Å². The lowest BCUT2D eigenvalue weighted by Gasteiger charge is -2.12. The van der Waals surface area contributed by atoms with Gasteiger partial charge < -0.3 is 15.8 Å². The van der Waals surface area contributed by atoms with Gasteiger partial charge >= 0.3 is 0 Å². The van der Waals surface area contributed by atoms with Gasteiger partial charge in [0.1, 0.15) is 0 Å². The number of ether oxygens (including phenoxy) is 1. The number of hydrogen-bond acceptors (Lipinski definition) is 4. The summed E-state index contributed by atoms with van der Waals surface area (Å²) in [5.74, 6) is -0.260. The highest BCUT2D eigenvalue weighted by Crippen LogP contribution is 2.28. The van der Waals surface area contributed by atoms with Crippen LogP contribution in [0.5, 0.6) is 5.75 Å². The highest BCUT2D eigenvalue weighted by atomic mass is 19.1. The van der Waals surface area contributed by atoms with E-state index in [-0.39, 0.29) is 5.75 Å². The van der Waals surface area contributed by atoms with E-state index in [4.69, 9.17) is 10.5 Å². The lowest BCUT2D eigenvalue weighted by atomic mass is 10.2. The third-order valence-corrected chi connectivity index (χ3v) is 2.44. The first kappa shape index (κ1) is 12.2. The van der Waals surface area contributed by atoms with Gasteiger partial charge in [-0.25, -0.2) is 4.39 Å². The third kappa shape index (κ3) is 2.71. The second-order valence-electron chi connectivity index (χ2n) is 3.76. The van der Waals surface area contributed by atoms with Crippen LogP contribution in [0.4, 0.5) is 15.8 Å². The Morgan fingerprint density at radius 2 is 2.33 bits per heavy atom. The van der Waals surface area contributed by atoms with E-state index >= 15 is 0 Å². The Labute approximate surface area is 104 Å². The van der Waals surface area contributed by atoms with Crippen LogP contribution in [0.3, 0.4) is 0 Å². The molecule has 2 aromatic rings. The van der Waals surface area contributed by atoms with Gasteiger partial charge in [0.25, 0.3) is 0 Å². The quantitative estimate of drug-likeness (QED) is 0.711. The molecule has 96 valence electrons. The van der Waals surface area contributed by atoms with Crippen LogP contribution in [0.15, 0.2) is 24.5 Å². The number of benzene rings is 1. The van der Waals surface area contributed by atoms with Gasteiger partial charge in [-0.15, -0.1) is 0 Å². The average molecular weight is 250 g/mol. The molecule has 1 aromatic carbocycles. The number of aromatic nitrogens is 2. The first-order valence-electron chi connectivity index (χ1n) is 5.64. The summed E-state index contributed by atoms with van der Waals surface area (Å²) in [7, 11) is 0. The largest absolute Gasteiger partial charge is 0.491 e. The van der Waals surface area contributed by atoms with E-state index in [9.17, 15) is 4.39 Å². The van der Waals surface area contributed by atoms with E-state index < -0.39 is 5.82 Å². The predicted molar refractivity (Wildman–Crippen MR) is 67.9 cm³/mol. The Morgan fingerprint density at radius 1 is 1.50 bits per heavy atom. The van der Waals surface area contributed by atoms with Crippen molar-refractivity contribution in [2.75, 3.05) is 17.7 Å². The Hall–Kier alpha value is -2.24. The smallest absolute Gasteiger partial charge is 0.167 e. The van der Waals surface area contributed by atoms with Gasteiger partial charge in [-0.1, -0.05) is 0 Å². The van der Waals surface area contributed by atoms with Crippen LogP contribution in [0.25, 0.3) is 0 Å². The zero-order valence-electron chi connectivity index (χ0n) is 10.0. The Morgan fingerprint density at radius 3 is 3.00 bits per heavy atom. The summed E-state index contributed by atoms with van der Waals surface area (Å²) in [4.78, 5) is 0. The molecule has 0 aliphatic heterocycles. The number of H-pyrrole nitrogens is 1. The van der Waals surface area contributed by atoms with Gasteiger partial charge in [-0.3, -0.25) is 5.10 Å². The molecule has 0 amide bonds. The normalized spacial score (nSPS) is 10.3. The monoisotopic (exact) mass is 250 g/mol. The summed E-state index contributed by atoms with van der Waals surface area (Å²) in [6.07, 6.45) is 3.48. The number of halogens is 1.